The third kappa shape index (κ3) is 2.72. The number of hydrogen-bond acceptors (Lipinski definition) is 0. The molecule has 0 fully saturated rings. The smallest absolute Gasteiger partial charge is 0.0251 e. The van der Waals surface area contributed by atoms with Crippen LogP contribution in [0.25, 0.3) is 0 Å². The zero-order valence-electron chi connectivity index (χ0n) is 14.9. The molecule has 0 aromatic heterocycles. The summed E-state index contributed by atoms with van der Waals surface area (Å²) in [4.78, 5) is 0. The van der Waals surface area contributed by atoms with Crippen LogP contribution in [0.2, 0.25) is 0 Å². The number of benzene rings is 2. The summed E-state index contributed by atoms with van der Waals surface area (Å²) in [6, 6.07) is 20.1. The summed E-state index contributed by atoms with van der Waals surface area (Å²) >= 11 is 0. The molecule has 2 rings (SSSR count). The van der Waals surface area contributed by atoms with Crippen molar-refractivity contribution in [3.8, 4) is 0 Å². The summed E-state index contributed by atoms with van der Waals surface area (Å²) in [6.45, 7) is 14.1. The molecule has 0 heteroatoms. The second-order valence-electron chi connectivity index (χ2n) is 7.29. The monoisotopic (exact) mass is 294 g/mol. The highest BCUT2D eigenvalue weighted by Gasteiger charge is 2.41. The highest BCUT2D eigenvalue weighted by Crippen LogP contribution is 2.47. The first kappa shape index (κ1) is 16.8. The van der Waals surface area contributed by atoms with Crippen LogP contribution in [0.1, 0.15) is 64.2 Å². The van der Waals surface area contributed by atoms with Gasteiger partial charge in [-0.15, -0.1) is 0 Å². The molecular weight excluding hydrogens is 264 g/mol. The maximum Gasteiger partial charge on any atom is 0.0251 e. The van der Waals surface area contributed by atoms with E-state index >= 15 is 0 Å². The first-order valence-corrected chi connectivity index (χ1v) is 8.57. The molecule has 0 radical (unpaired) electrons. The van der Waals surface area contributed by atoms with E-state index in [1.807, 2.05) is 0 Å². The van der Waals surface area contributed by atoms with Crippen LogP contribution < -0.4 is 0 Å². The Morgan fingerprint density at radius 1 is 0.636 bits per heavy atom. The van der Waals surface area contributed by atoms with E-state index in [9.17, 15) is 0 Å². The van der Waals surface area contributed by atoms with Crippen LogP contribution in [0.4, 0.5) is 0 Å². The lowest BCUT2D eigenvalue weighted by Gasteiger charge is -2.44. The second-order valence-corrected chi connectivity index (χ2v) is 7.29. The molecule has 0 saturated heterocycles. The van der Waals surface area contributed by atoms with Gasteiger partial charge >= 0.3 is 0 Å². The molecule has 22 heavy (non-hydrogen) atoms. The van der Waals surface area contributed by atoms with Crippen molar-refractivity contribution < 1.29 is 0 Å². The Morgan fingerprint density at radius 3 is 1.64 bits per heavy atom. The molecule has 0 bridgehead atoms. The van der Waals surface area contributed by atoms with E-state index in [2.05, 4.69) is 96.1 Å². The molecule has 0 nitrogen and oxygen atoms in total. The van der Waals surface area contributed by atoms with Crippen molar-refractivity contribution in [3.63, 3.8) is 0 Å². The molecule has 2 aromatic carbocycles. The van der Waals surface area contributed by atoms with Crippen molar-refractivity contribution in [3.05, 3.63) is 71.3 Å². The summed E-state index contributed by atoms with van der Waals surface area (Å²) in [5.74, 6) is 1.61. The molecule has 0 amide bonds. The summed E-state index contributed by atoms with van der Waals surface area (Å²) in [6.07, 6.45) is 0. The largest absolute Gasteiger partial charge is 0.0622 e. The normalized spacial score (nSPS) is 12.4. The Labute approximate surface area is 136 Å². The molecule has 0 atom stereocenters. The van der Waals surface area contributed by atoms with E-state index in [0.717, 1.165) is 0 Å². The zero-order valence-corrected chi connectivity index (χ0v) is 14.9. The van der Waals surface area contributed by atoms with Crippen molar-refractivity contribution in [2.24, 2.45) is 11.8 Å². The first-order valence-electron chi connectivity index (χ1n) is 8.57. The fraction of sp³-hybridized carbons (Fsp3) is 0.455. The Bertz CT molecular complexity index is 582. The van der Waals surface area contributed by atoms with Crippen molar-refractivity contribution in [2.45, 2.75) is 52.9 Å². The number of rotatable bonds is 5. The quantitative estimate of drug-likeness (QED) is 0.598. The highest BCUT2D eigenvalue weighted by atomic mass is 14.4. The molecule has 2 aromatic rings. The van der Waals surface area contributed by atoms with Gasteiger partial charge in [0.05, 0.1) is 0 Å². The molecule has 0 saturated carbocycles. The van der Waals surface area contributed by atoms with E-state index in [1.165, 1.54) is 16.7 Å². The van der Waals surface area contributed by atoms with Crippen LogP contribution in [0.3, 0.4) is 0 Å². The molecular formula is C22H30. The SMILES string of the molecule is CC(C)c1ccccc1C(c1ccccc1)(C(C)C)C(C)C. The van der Waals surface area contributed by atoms with E-state index in [4.69, 9.17) is 0 Å². The van der Waals surface area contributed by atoms with Crippen LogP contribution in [0, 0.1) is 11.8 Å². The lowest BCUT2D eigenvalue weighted by molar-refractivity contribution is 0.271. The van der Waals surface area contributed by atoms with Gasteiger partial charge in [0, 0.05) is 5.41 Å². The average Bonchev–Trinajstić information content (AvgIpc) is 2.48. The molecule has 0 aliphatic heterocycles. The van der Waals surface area contributed by atoms with Gasteiger partial charge in [-0.3, -0.25) is 0 Å². The molecule has 0 heterocycles. The lowest BCUT2D eigenvalue weighted by atomic mass is 9.59. The standard InChI is InChI=1S/C22H30/c1-16(2)20-14-10-11-15-21(20)22(17(3)4,18(5)6)19-12-8-7-9-13-19/h7-18H,1-6H3. The Hall–Kier alpha value is -1.56. The maximum absolute atomic E-state index is 2.37. The van der Waals surface area contributed by atoms with Gasteiger partial charge in [0.2, 0.25) is 0 Å². The third-order valence-electron chi connectivity index (χ3n) is 5.10. The topological polar surface area (TPSA) is 0 Å². The van der Waals surface area contributed by atoms with Gasteiger partial charge in [0.25, 0.3) is 0 Å². The molecule has 0 N–H and O–H groups in total. The van der Waals surface area contributed by atoms with E-state index in [0.29, 0.717) is 17.8 Å². The predicted molar refractivity (Wildman–Crippen MR) is 97.4 cm³/mol. The van der Waals surface area contributed by atoms with Gasteiger partial charge in [-0.2, -0.15) is 0 Å². The minimum atomic E-state index is 0.0577. The fourth-order valence-electron chi connectivity index (χ4n) is 4.20. The van der Waals surface area contributed by atoms with Crippen LogP contribution in [0.15, 0.2) is 54.6 Å². The van der Waals surface area contributed by atoms with Gasteiger partial charge in [-0.25, -0.2) is 0 Å². The summed E-state index contributed by atoms with van der Waals surface area (Å²) in [7, 11) is 0. The van der Waals surface area contributed by atoms with Gasteiger partial charge in [-0.1, -0.05) is 96.1 Å². The van der Waals surface area contributed by atoms with Crippen LogP contribution in [-0.4, -0.2) is 0 Å². The molecule has 0 aliphatic carbocycles. The van der Waals surface area contributed by atoms with Crippen molar-refractivity contribution >= 4 is 0 Å². The fourth-order valence-corrected chi connectivity index (χ4v) is 4.20. The van der Waals surface area contributed by atoms with Gasteiger partial charge in [-0.05, 0) is 34.4 Å². The zero-order chi connectivity index (χ0) is 16.3. The summed E-state index contributed by atoms with van der Waals surface area (Å²) < 4.78 is 0. The Morgan fingerprint density at radius 2 is 1.14 bits per heavy atom. The van der Waals surface area contributed by atoms with Crippen LogP contribution in [0.5, 0.6) is 0 Å². The average molecular weight is 294 g/mol. The van der Waals surface area contributed by atoms with Gasteiger partial charge in [0.1, 0.15) is 0 Å². The van der Waals surface area contributed by atoms with Gasteiger partial charge in [0.15, 0.2) is 0 Å². The third-order valence-corrected chi connectivity index (χ3v) is 5.10. The van der Waals surface area contributed by atoms with Crippen molar-refractivity contribution in [1.29, 1.82) is 0 Å². The lowest BCUT2D eigenvalue weighted by Crippen LogP contribution is -2.40. The van der Waals surface area contributed by atoms with E-state index < -0.39 is 0 Å². The minimum Gasteiger partial charge on any atom is -0.0622 e. The molecule has 118 valence electrons. The van der Waals surface area contributed by atoms with E-state index in [1.54, 1.807) is 0 Å². The second kappa shape index (κ2) is 6.69. The molecule has 0 aliphatic rings. The van der Waals surface area contributed by atoms with Crippen molar-refractivity contribution in [1.82, 2.24) is 0 Å². The summed E-state index contributed by atoms with van der Waals surface area (Å²) in [5.41, 5.74) is 4.48. The van der Waals surface area contributed by atoms with Gasteiger partial charge < -0.3 is 0 Å². The Kier molecular flexibility index (Phi) is 5.11. The molecule has 0 spiro atoms. The first-order chi connectivity index (χ1) is 10.4. The highest BCUT2D eigenvalue weighted by molar-refractivity contribution is 5.46. The van der Waals surface area contributed by atoms with E-state index in [-0.39, 0.29) is 5.41 Å². The Balaban J connectivity index is 2.81. The molecule has 0 unspecified atom stereocenters. The number of hydrogen-bond donors (Lipinski definition) is 0. The predicted octanol–water partition coefficient (Wildman–Crippen LogP) is 6.41. The van der Waals surface area contributed by atoms with Crippen LogP contribution in [-0.2, 0) is 5.41 Å². The minimum absolute atomic E-state index is 0.0577. The van der Waals surface area contributed by atoms with Crippen molar-refractivity contribution in [2.75, 3.05) is 0 Å². The summed E-state index contributed by atoms with van der Waals surface area (Å²) in [5, 5.41) is 0. The van der Waals surface area contributed by atoms with Crippen LogP contribution >= 0.6 is 0 Å². The maximum atomic E-state index is 2.37.